The molecule has 4 atom stereocenters. The van der Waals surface area contributed by atoms with Gasteiger partial charge in [-0.15, -0.1) is 0 Å². The Morgan fingerprint density at radius 3 is 2.68 bits per heavy atom. The van der Waals surface area contributed by atoms with E-state index in [0.29, 0.717) is 50.7 Å². The molecule has 0 saturated carbocycles. The van der Waals surface area contributed by atoms with Crippen LogP contribution in [0.5, 0.6) is 5.88 Å². The van der Waals surface area contributed by atoms with Crippen LogP contribution in [0.2, 0.25) is 0 Å². The van der Waals surface area contributed by atoms with Crippen molar-refractivity contribution in [1.29, 1.82) is 0 Å². The van der Waals surface area contributed by atoms with Crippen LogP contribution in [0.25, 0.3) is 0 Å². The van der Waals surface area contributed by atoms with Crippen molar-refractivity contribution in [2.45, 2.75) is 57.9 Å². The number of pyridine rings is 1. The number of amides is 3. The number of piperidine rings is 2. The zero-order chi connectivity index (χ0) is 30.5. The summed E-state index contributed by atoms with van der Waals surface area (Å²) in [5.74, 6) is 2.64. The fraction of sp³-hybridized carbons (Fsp3) is 0.667. The lowest BCUT2D eigenvalue weighted by atomic mass is 9.79. The van der Waals surface area contributed by atoms with Gasteiger partial charge < -0.3 is 24.4 Å². The van der Waals surface area contributed by atoms with Crippen molar-refractivity contribution in [2.75, 3.05) is 52.4 Å². The number of hydrogen-bond acceptors (Lipinski definition) is 7. The van der Waals surface area contributed by atoms with Gasteiger partial charge in [0.05, 0.1) is 13.2 Å². The highest BCUT2D eigenvalue weighted by atomic mass is 16.5. The Balaban J connectivity index is 1.18. The highest BCUT2D eigenvalue weighted by molar-refractivity contribution is 5.92. The lowest BCUT2D eigenvalue weighted by Crippen LogP contribution is -2.47. The number of imidazole rings is 1. The molecule has 238 valence electrons. The van der Waals surface area contributed by atoms with Crippen molar-refractivity contribution in [3.63, 3.8) is 0 Å². The first-order chi connectivity index (χ1) is 21.4. The van der Waals surface area contributed by atoms with Gasteiger partial charge >= 0.3 is 0 Å². The van der Waals surface area contributed by atoms with Gasteiger partial charge in [0.2, 0.25) is 17.7 Å². The second-order valence-electron chi connectivity index (χ2n) is 13.2. The number of nitrogens with one attached hydrogen (secondary N) is 1. The van der Waals surface area contributed by atoms with Crippen molar-refractivity contribution in [2.24, 2.45) is 30.7 Å². The number of rotatable bonds is 4. The smallest absolute Gasteiger partial charge is 0.270 e. The van der Waals surface area contributed by atoms with Crippen LogP contribution >= 0.6 is 0 Å². The number of nitrogens with zero attached hydrogens (tertiary/aromatic N) is 6. The molecule has 6 rings (SSSR count). The van der Waals surface area contributed by atoms with E-state index in [9.17, 15) is 14.4 Å². The number of carbonyl (C=O) groups is 3. The minimum Gasteiger partial charge on any atom is -0.478 e. The van der Waals surface area contributed by atoms with Crippen molar-refractivity contribution in [1.82, 2.24) is 34.6 Å². The van der Waals surface area contributed by atoms with Gasteiger partial charge in [-0.1, -0.05) is 6.07 Å². The fourth-order valence-corrected chi connectivity index (χ4v) is 7.62. The van der Waals surface area contributed by atoms with Crippen LogP contribution in [0, 0.1) is 23.7 Å². The standard InChI is InChI=1S/C33H47N7O4/c1-37-17-12-34-29(37)23-38-15-8-24-20-32(42)40-16-9-25(19-31(41)39-13-2-3-14-39)27(22-40)10-18-44-30-6-4-5-28(36-30)33(43)35-11-7-26(24)21-38/h4-6,12,17,24-27H,2-3,7-11,13-16,18-23H2,1H3,(H,35,43)/t24-,25-,26-,27-/m0/s1. The third kappa shape index (κ3) is 7.42. The average Bonchev–Trinajstić information content (AvgIpc) is 3.71. The van der Waals surface area contributed by atoms with Gasteiger partial charge in [-0.2, -0.15) is 0 Å². The molecule has 3 saturated heterocycles. The van der Waals surface area contributed by atoms with Gasteiger partial charge in [0.25, 0.3) is 5.91 Å². The number of ether oxygens (including phenoxy) is 1. The topological polar surface area (TPSA) is 113 Å². The number of fused-ring (bicyclic) bond motifs is 5. The first-order valence-electron chi connectivity index (χ1n) is 16.5. The maximum atomic E-state index is 13.8. The molecule has 44 heavy (non-hydrogen) atoms. The molecule has 0 radical (unpaired) electrons. The first-order valence-corrected chi connectivity index (χ1v) is 16.5. The first kappa shape index (κ1) is 30.6. The zero-order valence-electron chi connectivity index (χ0n) is 26.0. The van der Waals surface area contributed by atoms with Crippen molar-refractivity contribution in [3.05, 3.63) is 42.1 Å². The van der Waals surface area contributed by atoms with E-state index in [-0.39, 0.29) is 41.4 Å². The molecular weight excluding hydrogens is 558 g/mol. The van der Waals surface area contributed by atoms with Gasteiger partial charge in [-0.3, -0.25) is 19.3 Å². The molecule has 4 aliphatic rings. The van der Waals surface area contributed by atoms with Gasteiger partial charge in [0.1, 0.15) is 11.5 Å². The van der Waals surface area contributed by atoms with E-state index >= 15 is 0 Å². The van der Waals surface area contributed by atoms with E-state index in [1.807, 2.05) is 24.3 Å². The Bertz CT molecular complexity index is 1310. The van der Waals surface area contributed by atoms with Gasteiger partial charge in [-0.05, 0) is 74.8 Å². The summed E-state index contributed by atoms with van der Waals surface area (Å²) < 4.78 is 8.09. The molecule has 3 fully saturated rings. The molecule has 11 heteroatoms. The molecule has 6 heterocycles. The van der Waals surface area contributed by atoms with Crippen LogP contribution in [0.1, 0.15) is 67.7 Å². The Morgan fingerprint density at radius 1 is 1.00 bits per heavy atom. The summed E-state index contributed by atoms with van der Waals surface area (Å²) in [6, 6.07) is 5.29. The Hall–Kier alpha value is -3.47. The van der Waals surface area contributed by atoms with Crippen LogP contribution in [0.4, 0.5) is 0 Å². The average molecular weight is 606 g/mol. The number of carbonyl (C=O) groups excluding carboxylic acids is 3. The third-order valence-corrected chi connectivity index (χ3v) is 10.3. The van der Waals surface area contributed by atoms with Crippen molar-refractivity contribution >= 4 is 17.7 Å². The number of hydrogen-bond donors (Lipinski definition) is 1. The van der Waals surface area contributed by atoms with E-state index < -0.39 is 0 Å². The molecule has 1 N–H and O–H groups in total. The zero-order valence-corrected chi connectivity index (χ0v) is 26.0. The second kappa shape index (κ2) is 14.1. The fourth-order valence-electron chi connectivity index (χ4n) is 7.62. The molecule has 2 aromatic heterocycles. The van der Waals surface area contributed by atoms with Crippen LogP contribution in [-0.4, -0.2) is 99.4 Å². The van der Waals surface area contributed by atoms with Crippen LogP contribution in [-0.2, 0) is 23.2 Å². The summed E-state index contributed by atoms with van der Waals surface area (Å²) in [4.78, 5) is 55.4. The monoisotopic (exact) mass is 605 g/mol. The number of likely N-dealkylation sites (tertiary alicyclic amines) is 2. The molecule has 0 aromatic carbocycles. The van der Waals surface area contributed by atoms with E-state index in [4.69, 9.17) is 4.74 Å². The van der Waals surface area contributed by atoms with E-state index in [1.165, 1.54) is 0 Å². The van der Waals surface area contributed by atoms with Crippen LogP contribution in [0.15, 0.2) is 30.6 Å². The molecule has 0 unspecified atom stereocenters. The Labute approximate surface area is 260 Å². The van der Waals surface area contributed by atoms with Crippen molar-refractivity contribution < 1.29 is 19.1 Å². The van der Waals surface area contributed by atoms with Crippen molar-refractivity contribution in [3.8, 4) is 5.88 Å². The number of aromatic nitrogens is 3. The normalized spacial score (nSPS) is 27.3. The molecule has 2 aromatic rings. The summed E-state index contributed by atoms with van der Waals surface area (Å²) in [5, 5.41) is 3.06. The Kier molecular flexibility index (Phi) is 9.79. The molecular formula is C33H47N7O4. The molecule has 0 aliphatic carbocycles. The second-order valence-corrected chi connectivity index (χ2v) is 13.2. The Morgan fingerprint density at radius 2 is 1.86 bits per heavy atom. The van der Waals surface area contributed by atoms with Gasteiger partial charge in [-0.25, -0.2) is 9.97 Å². The van der Waals surface area contributed by atoms with E-state index in [2.05, 4.69) is 29.7 Å². The third-order valence-electron chi connectivity index (χ3n) is 10.3. The van der Waals surface area contributed by atoms with Gasteiger partial charge in [0.15, 0.2) is 0 Å². The maximum Gasteiger partial charge on any atom is 0.270 e. The summed E-state index contributed by atoms with van der Waals surface area (Å²) in [7, 11) is 2.02. The molecule has 4 bridgehead atoms. The highest BCUT2D eigenvalue weighted by Crippen LogP contribution is 2.34. The van der Waals surface area contributed by atoms with E-state index in [1.54, 1.807) is 18.2 Å². The summed E-state index contributed by atoms with van der Waals surface area (Å²) in [5.41, 5.74) is 0.344. The molecule has 0 spiro atoms. The van der Waals surface area contributed by atoms with Crippen LogP contribution < -0.4 is 10.1 Å². The predicted octanol–water partition coefficient (Wildman–Crippen LogP) is 2.72. The molecule has 4 aliphatic heterocycles. The summed E-state index contributed by atoms with van der Waals surface area (Å²) in [6.45, 7) is 6.60. The SMILES string of the molecule is Cn1ccnc1CN1CC[C@H]2CC(=O)N3CC[C@@H](CC(=O)N4CCCC4)[C@@H](CCOc4cccc(n4)C(=O)NCC[C@H]2C1)C3. The maximum absolute atomic E-state index is 13.8. The van der Waals surface area contributed by atoms with Gasteiger partial charge in [0, 0.05) is 77.6 Å². The lowest BCUT2D eigenvalue weighted by Gasteiger charge is -2.41. The lowest BCUT2D eigenvalue weighted by molar-refractivity contribution is -0.137. The van der Waals surface area contributed by atoms with E-state index in [0.717, 1.165) is 77.1 Å². The largest absolute Gasteiger partial charge is 0.478 e. The summed E-state index contributed by atoms with van der Waals surface area (Å²) >= 11 is 0. The highest BCUT2D eigenvalue weighted by Gasteiger charge is 2.37. The quantitative estimate of drug-likeness (QED) is 0.570. The number of aryl methyl sites for hydroxylation is 1. The molecule has 11 nitrogen and oxygen atoms in total. The predicted molar refractivity (Wildman–Crippen MR) is 165 cm³/mol. The molecule has 3 amide bonds. The minimum atomic E-state index is -0.212. The minimum absolute atomic E-state index is 0.178. The summed E-state index contributed by atoms with van der Waals surface area (Å²) in [6.07, 6.45) is 10.3. The van der Waals surface area contributed by atoms with Crippen LogP contribution in [0.3, 0.4) is 0 Å².